The van der Waals surface area contributed by atoms with Gasteiger partial charge in [0.2, 0.25) is 0 Å². The van der Waals surface area contributed by atoms with Crippen molar-refractivity contribution in [1.82, 2.24) is 10.2 Å². The molecule has 1 N–H and O–H groups in total. The lowest BCUT2D eigenvalue weighted by atomic mass is 10.1. The third-order valence-electron chi connectivity index (χ3n) is 2.49. The van der Waals surface area contributed by atoms with E-state index in [2.05, 4.69) is 30.3 Å². The van der Waals surface area contributed by atoms with E-state index in [1.807, 2.05) is 11.8 Å². The van der Waals surface area contributed by atoms with Gasteiger partial charge in [-0.05, 0) is 39.6 Å². The first-order valence-corrected chi connectivity index (χ1v) is 6.50. The highest BCUT2D eigenvalue weighted by Gasteiger charge is 2.23. The summed E-state index contributed by atoms with van der Waals surface area (Å²) in [5, 5.41) is 3.58. The quantitative estimate of drug-likeness (QED) is 0.745. The number of hydrogen-bond donors (Lipinski definition) is 1. The fraction of sp³-hybridized carbons (Fsp3) is 1.00. The molecule has 78 valence electrons. The van der Waals surface area contributed by atoms with Crippen molar-refractivity contribution >= 4 is 11.8 Å². The van der Waals surface area contributed by atoms with Crippen molar-refractivity contribution in [3.05, 3.63) is 0 Å². The number of nitrogens with zero attached hydrogens (tertiary/aromatic N) is 1. The molecule has 1 rings (SSSR count). The summed E-state index contributed by atoms with van der Waals surface area (Å²) in [4.78, 5) is 2.58. The monoisotopic (exact) mass is 202 g/mol. The van der Waals surface area contributed by atoms with Gasteiger partial charge in [-0.25, -0.2) is 0 Å². The third-order valence-corrected chi connectivity index (χ3v) is 3.08. The zero-order valence-corrected chi connectivity index (χ0v) is 9.91. The predicted octanol–water partition coefficient (Wildman–Crippen LogP) is 1.42. The molecule has 0 saturated carbocycles. The van der Waals surface area contributed by atoms with E-state index in [0.29, 0.717) is 5.54 Å². The summed E-state index contributed by atoms with van der Waals surface area (Å²) in [6.07, 6.45) is 3.47. The smallest absolute Gasteiger partial charge is 0.0252 e. The van der Waals surface area contributed by atoms with Crippen molar-refractivity contribution < 1.29 is 0 Å². The highest BCUT2D eigenvalue weighted by atomic mass is 32.2. The van der Waals surface area contributed by atoms with E-state index in [1.165, 1.54) is 38.4 Å². The van der Waals surface area contributed by atoms with Gasteiger partial charge in [-0.15, -0.1) is 0 Å². The predicted molar refractivity (Wildman–Crippen MR) is 61.5 cm³/mol. The fourth-order valence-electron chi connectivity index (χ4n) is 1.83. The van der Waals surface area contributed by atoms with Crippen LogP contribution in [-0.4, -0.2) is 48.6 Å². The summed E-state index contributed by atoms with van der Waals surface area (Å²) < 4.78 is 0. The molecule has 0 amide bonds. The minimum absolute atomic E-state index is 0.301. The van der Waals surface area contributed by atoms with Crippen molar-refractivity contribution in [2.45, 2.75) is 25.8 Å². The normalized spacial score (nSPS) is 24.2. The van der Waals surface area contributed by atoms with Gasteiger partial charge in [0.05, 0.1) is 0 Å². The standard InChI is InChI=1S/C10H22N2S/c1-10(2)9-12(7-8-13-3)6-4-5-11-10/h11H,4-9H2,1-3H3. The highest BCUT2D eigenvalue weighted by molar-refractivity contribution is 7.98. The van der Waals surface area contributed by atoms with Crippen LogP contribution in [0, 0.1) is 0 Å². The Bertz CT molecular complexity index is 148. The maximum Gasteiger partial charge on any atom is 0.0252 e. The zero-order chi connectivity index (χ0) is 9.73. The van der Waals surface area contributed by atoms with Crippen molar-refractivity contribution in [2.24, 2.45) is 0 Å². The van der Waals surface area contributed by atoms with E-state index in [0.717, 1.165) is 0 Å². The average molecular weight is 202 g/mol. The van der Waals surface area contributed by atoms with Crippen LogP contribution in [0.3, 0.4) is 0 Å². The fourth-order valence-corrected chi connectivity index (χ4v) is 2.28. The van der Waals surface area contributed by atoms with Crippen LogP contribution in [-0.2, 0) is 0 Å². The summed E-state index contributed by atoms with van der Waals surface area (Å²) in [6.45, 7) is 9.45. The van der Waals surface area contributed by atoms with Gasteiger partial charge < -0.3 is 10.2 Å². The molecule has 0 aromatic heterocycles. The van der Waals surface area contributed by atoms with Crippen LogP contribution >= 0.6 is 11.8 Å². The van der Waals surface area contributed by atoms with Gasteiger partial charge in [0.25, 0.3) is 0 Å². The Morgan fingerprint density at radius 1 is 1.46 bits per heavy atom. The Kier molecular flexibility index (Phi) is 4.56. The third kappa shape index (κ3) is 4.34. The Hall–Kier alpha value is 0.270. The second-order valence-corrected chi connectivity index (χ2v) is 5.42. The van der Waals surface area contributed by atoms with Gasteiger partial charge in [-0.3, -0.25) is 0 Å². The first kappa shape index (κ1) is 11.3. The molecule has 0 aliphatic carbocycles. The highest BCUT2D eigenvalue weighted by Crippen LogP contribution is 2.10. The number of rotatable bonds is 3. The molecule has 3 heteroatoms. The molecule has 2 nitrogen and oxygen atoms in total. The van der Waals surface area contributed by atoms with Gasteiger partial charge in [0, 0.05) is 24.4 Å². The van der Waals surface area contributed by atoms with Crippen LogP contribution in [0.25, 0.3) is 0 Å². The van der Waals surface area contributed by atoms with Crippen molar-refractivity contribution in [2.75, 3.05) is 38.2 Å². The molecule has 0 aromatic carbocycles. The Labute approximate surface area is 86.5 Å². The van der Waals surface area contributed by atoms with E-state index in [4.69, 9.17) is 0 Å². The van der Waals surface area contributed by atoms with Gasteiger partial charge >= 0.3 is 0 Å². The molecule has 1 saturated heterocycles. The minimum Gasteiger partial charge on any atom is -0.310 e. The summed E-state index contributed by atoms with van der Waals surface area (Å²) in [5.41, 5.74) is 0.301. The van der Waals surface area contributed by atoms with E-state index in [-0.39, 0.29) is 0 Å². The molecule has 13 heavy (non-hydrogen) atoms. The number of nitrogens with one attached hydrogen (secondary N) is 1. The SMILES string of the molecule is CSCCN1CCCNC(C)(C)C1. The van der Waals surface area contributed by atoms with Crippen LogP contribution in [0.1, 0.15) is 20.3 Å². The summed E-state index contributed by atoms with van der Waals surface area (Å²) in [7, 11) is 0. The van der Waals surface area contributed by atoms with Crippen molar-refractivity contribution in [1.29, 1.82) is 0 Å². The van der Waals surface area contributed by atoms with Crippen molar-refractivity contribution in [3.8, 4) is 0 Å². The lowest BCUT2D eigenvalue weighted by Gasteiger charge is -2.29. The van der Waals surface area contributed by atoms with Crippen LogP contribution < -0.4 is 5.32 Å². The second kappa shape index (κ2) is 5.23. The Morgan fingerprint density at radius 3 is 2.92 bits per heavy atom. The Morgan fingerprint density at radius 2 is 2.23 bits per heavy atom. The first-order valence-electron chi connectivity index (χ1n) is 5.10. The molecular formula is C10H22N2S. The van der Waals surface area contributed by atoms with Gasteiger partial charge in [0.1, 0.15) is 0 Å². The largest absolute Gasteiger partial charge is 0.310 e. The van der Waals surface area contributed by atoms with Crippen LogP contribution in [0.4, 0.5) is 0 Å². The zero-order valence-electron chi connectivity index (χ0n) is 9.10. The lowest BCUT2D eigenvalue weighted by Crippen LogP contribution is -2.46. The minimum atomic E-state index is 0.301. The summed E-state index contributed by atoms with van der Waals surface area (Å²) in [5.74, 6) is 1.26. The maximum atomic E-state index is 3.58. The van der Waals surface area contributed by atoms with Gasteiger partial charge in [-0.1, -0.05) is 0 Å². The van der Waals surface area contributed by atoms with E-state index in [1.54, 1.807) is 0 Å². The molecule has 1 fully saturated rings. The molecule has 0 unspecified atom stereocenters. The summed E-state index contributed by atoms with van der Waals surface area (Å²) >= 11 is 1.94. The summed E-state index contributed by atoms with van der Waals surface area (Å²) in [6, 6.07) is 0. The second-order valence-electron chi connectivity index (χ2n) is 4.43. The molecule has 1 heterocycles. The molecular weight excluding hydrogens is 180 g/mol. The Balaban J connectivity index is 2.36. The molecule has 0 aromatic rings. The molecule has 0 bridgehead atoms. The van der Waals surface area contributed by atoms with Crippen LogP contribution in [0.2, 0.25) is 0 Å². The number of hydrogen-bond acceptors (Lipinski definition) is 3. The molecule has 0 radical (unpaired) electrons. The van der Waals surface area contributed by atoms with Crippen LogP contribution in [0.15, 0.2) is 0 Å². The van der Waals surface area contributed by atoms with E-state index < -0.39 is 0 Å². The molecule has 1 aliphatic heterocycles. The molecule has 0 spiro atoms. The molecule has 0 atom stereocenters. The van der Waals surface area contributed by atoms with Gasteiger partial charge in [0.15, 0.2) is 0 Å². The van der Waals surface area contributed by atoms with E-state index >= 15 is 0 Å². The van der Waals surface area contributed by atoms with Crippen molar-refractivity contribution in [3.63, 3.8) is 0 Å². The van der Waals surface area contributed by atoms with Gasteiger partial charge in [-0.2, -0.15) is 11.8 Å². The lowest BCUT2D eigenvalue weighted by molar-refractivity contribution is 0.243. The topological polar surface area (TPSA) is 15.3 Å². The molecule has 1 aliphatic rings. The van der Waals surface area contributed by atoms with Crippen LogP contribution in [0.5, 0.6) is 0 Å². The number of thioether (sulfide) groups is 1. The van der Waals surface area contributed by atoms with E-state index in [9.17, 15) is 0 Å². The average Bonchev–Trinajstić information content (AvgIpc) is 2.22. The maximum absolute atomic E-state index is 3.58. The first-order chi connectivity index (χ1) is 6.14.